The summed E-state index contributed by atoms with van der Waals surface area (Å²) in [7, 11) is 1.51. The van der Waals surface area contributed by atoms with E-state index in [0.29, 0.717) is 63.0 Å². The number of benzene rings is 4. The number of rotatable bonds is 20. The number of amides is 8. The van der Waals surface area contributed by atoms with Crippen LogP contribution in [-0.4, -0.2) is 137 Å². The fourth-order valence-corrected chi connectivity index (χ4v) is 14.0. The zero-order valence-corrected chi connectivity index (χ0v) is 59.1. The second-order valence-corrected chi connectivity index (χ2v) is 27.6. The smallest absolute Gasteiger partial charge is 0.312 e. The highest BCUT2D eigenvalue weighted by Crippen LogP contribution is 2.51. The number of primary amides is 1. The molecule has 540 valence electrons. The number of carbonyl (C=O) groups is 9. The van der Waals surface area contributed by atoms with Crippen LogP contribution in [0.4, 0.5) is 21.9 Å². The largest absolute Gasteiger partial charge is 0.507 e. The number of phenols is 2. The average molecular weight is 1390 g/mol. The normalized spacial score (nSPS) is 23.3. The number of piperidine rings is 1. The van der Waals surface area contributed by atoms with Crippen molar-refractivity contribution in [2.45, 2.75) is 169 Å². The van der Waals surface area contributed by atoms with Gasteiger partial charge in [0.15, 0.2) is 11.3 Å². The number of allylic oxidation sites excluding steroid dienone is 3. The minimum Gasteiger partial charge on any atom is -0.507 e. The van der Waals surface area contributed by atoms with Crippen LogP contribution in [0.2, 0.25) is 0 Å². The summed E-state index contributed by atoms with van der Waals surface area (Å²) in [4.78, 5) is 141. The maximum absolute atomic E-state index is 15.2. The van der Waals surface area contributed by atoms with E-state index in [1.807, 2.05) is 32.1 Å². The maximum Gasteiger partial charge on any atom is 0.312 e. The molecule has 1 aliphatic carbocycles. The quantitative estimate of drug-likeness (QED) is 0.0118. The number of nitrogens with one attached hydrogen (secondary N) is 5. The van der Waals surface area contributed by atoms with Gasteiger partial charge in [-0.2, -0.15) is 0 Å². The van der Waals surface area contributed by atoms with E-state index in [1.54, 1.807) is 57.2 Å². The number of imide groups is 1. The van der Waals surface area contributed by atoms with E-state index >= 15 is 9.59 Å². The number of phenolic OH excluding ortho intramolecular Hbond substituents is 2. The zero-order valence-electron chi connectivity index (χ0n) is 59.1. The lowest BCUT2D eigenvalue weighted by Gasteiger charge is -2.34. The number of aromatic hydroxyl groups is 2. The number of anilines is 3. The van der Waals surface area contributed by atoms with Crippen molar-refractivity contribution in [3.8, 4) is 28.7 Å². The van der Waals surface area contributed by atoms with Crippen LogP contribution < -0.4 is 47.4 Å². The molecule has 1 saturated heterocycles. The van der Waals surface area contributed by atoms with E-state index in [1.165, 1.54) is 52.4 Å². The Morgan fingerprint density at radius 1 is 0.881 bits per heavy atom. The van der Waals surface area contributed by atoms with E-state index < -0.39 is 82.7 Å². The molecule has 3 aromatic rings. The van der Waals surface area contributed by atoms with Crippen molar-refractivity contribution in [3.05, 3.63) is 112 Å². The summed E-state index contributed by atoms with van der Waals surface area (Å²) in [6, 6.07) is 7.76. The van der Waals surface area contributed by atoms with Crippen molar-refractivity contribution in [2.75, 3.05) is 48.8 Å². The van der Waals surface area contributed by atoms with Crippen LogP contribution in [0.5, 0.6) is 17.2 Å². The number of nitrogens with two attached hydrogens (primary N) is 1. The van der Waals surface area contributed by atoms with E-state index in [4.69, 9.17) is 34.1 Å². The van der Waals surface area contributed by atoms with Crippen LogP contribution in [0.3, 0.4) is 0 Å². The summed E-state index contributed by atoms with van der Waals surface area (Å²) in [6.07, 6.45) is 14.3. The highest BCUT2D eigenvalue weighted by atomic mass is 16.7. The van der Waals surface area contributed by atoms with Crippen molar-refractivity contribution < 1.29 is 76.7 Å². The van der Waals surface area contributed by atoms with Gasteiger partial charge >= 0.3 is 17.8 Å². The third-order valence-corrected chi connectivity index (χ3v) is 19.4. The van der Waals surface area contributed by atoms with Gasteiger partial charge in [0.05, 0.1) is 23.3 Å². The zero-order chi connectivity index (χ0) is 73.3. The molecular formula is C75H93N9O17. The Hall–Kier alpha value is -10.1. The molecule has 3 aromatic carbocycles. The third-order valence-electron chi connectivity index (χ3n) is 19.4. The van der Waals surface area contributed by atoms with Crippen molar-refractivity contribution in [3.63, 3.8) is 0 Å². The summed E-state index contributed by atoms with van der Waals surface area (Å²) in [5.74, 6) is -7.93. The maximum atomic E-state index is 15.2. The van der Waals surface area contributed by atoms with E-state index in [-0.39, 0.29) is 147 Å². The first-order chi connectivity index (χ1) is 48.0. The molecule has 26 heteroatoms. The number of hydrogen-bond acceptors (Lipinski definition) is 19. The molecule has 0 saturated carbocycles. The van der Waals surface area contributed by atoms with Gasteiger partial charge in [0.25, 0.3) is 23.5 Å². The van der Waals surface area contributed by atoms with Gasteiger partial charge < -0.3 is 70.8 Å². The predicted molar refractivity (Wildman–Crippen MR) is 379 cm³/mol. The lowest BCUT2D eigenvalue weighted by molar-refractivity contribution is -0.155. The number of urea groups is 1. The van der Waals surface area contributed by atoms with E-state index in [0.717, 1.165) is 16.9 Å². The first-order valence-corrected chi connectivity index (χ1v) is 34.6. The van der Waals surface area contributed by atoms with Crippen LogP contribution >= 0.6 is 0 Å². The fourth-order valence-electron chi connectivity index (χ4n) is 14.0. The van der Waals surface area contributed by atoms with Crippen molar-refractivity contribution in [1.29, 1.82) is 0 Å². The number of aromatic nitrogens is 1. The number of nitrogens with zero attached hydrogens (tertiary/aromatic N) is 3. The van der Waals surface area contributed by atoms with E-state index in [9.17, 15) is 48.6 Å². The van der Waals surface area contributed by atoms with Crippen LogP contribution in [0, 0.1) is 36.5 Å². The molecule has 9 atom stereocenters. The molecule has 9 N–H and O–H groups in total. The number of carbonyl (C=O) groups excluding carboxylic acids is 9. The van der Waals surface area contributed by atoms with Gasteiger partial charge in [0.2, 0.25) is 23.2 Å². The standard InChI is InChI=1S/C75H93N9O17/c1-39(2)61(80-55(87)20-13-12-14-31-84-56(88)25-26-57(84)89)73(95)79-51(19-16-30-77-74(76)96)72(94)78-49-23-21-47(22-24-49)48-27-32-83(33-28-48)50-37-52(86)62-54(38-50)100-69-63(81-62)58-59-65(90)45(8)68-60(58)70(92)75(10,101-68)98-34-29-53(97-11)44(7)67(99-46(9)85)43(6)36-41(4)35-40(3)17-15-18-42(5)71(93)82-64(69)66(59)91/h15,17-18,21-26,29,34,37-41,43-44,48,51,53,61,67,86,90H,12-14,16,19-20,27-28,30-33,35-36H2,1-11H3,(H,78,94)(H,79,95)(H,80,87)(H,82,93)(H3,76,77,96)/b17-15+,34-29+,42-18-/t40-,41+,43+,44+,51-,53-,61-,67-,75-/m0/s1. The molecule has 8 amide bonds. The number of esters is 1. The predicted octanol–water partition coefficient (Wildman–Crippen LogP) is 9.60. The lowest BCUT2D eigenvalue weighted by atomic mass is 9.82. The van der Waals surface area contributed by atoms with Crippen LogP contribution in [0.1, 0.15) is 154 Å². The number of methoxy groups -OCH3 is 1. The van der Waals surface area contributed by atoms with Crippen LogP contribution in [-0.2, 0) is 47.8 Å². The minimum atomic E-state index is -2.08. The van der Waals surface area contributed by atoms with Gasteiger partial charge in [-0.25, -0.2) is 9.78 Å². The molecule has 1 fully saturated rings. The summed E-state index contributed by atoms with van der Waals surface area (Å²) in [6.45, 7) is 18.9. The summed E-state index contributed by atoms with van der Waals surface area (Å²) in [5.41, 5.74) is 5.88. The molecule has 0 radical (unpaired) electrons. The molecule has 5 aliphatic heterocycles. The summed E-state index contributed by atoms with van der Waals surface area (Å²) in [5, 5.41) is 37.2. The number of fused-ring (bicyclic) bond motifs is 2. The Morgan fingerprint density at radius 3 is 2.25 bits per heavy atom. The molecule has 4 bridgehead atoms. The highest BCUT2D eigenvalue weighted by Gasteiger charge is 2.50. The Balaban J connectivity index is 0.945. The molecule has 26 nitrogen and oxygen atoms in total. The molecule has 9 rings (SSSR count). The fraction of sp³-hybridized carbons (Fsp3) is 0.480. The number of ketones is 1. The van der Waals surface area contributed by atoms with Gasteiger partial charge in [0.1, 0.15) is 52.3 Å². The molecule has 0 aromatic heterocycles. The van der Waals surface area contributed by atoms with Crippen LogP contribution in [0.15, 0.2) is 93.9 Å². The SMILES string of the molecule is CO[C@H]1/C=C/O[C@@]2(C)Oc3c(C)c(O)c4c(=O)c(c5oc6cc(N7CCC(c8ccc(NC(=O)[C@H](CCCNC(N)=O)NC(=O)[C@@H](NC(=O)CCCCCN9C(=O)C=CC9=O)C(C)C)cc8)CC7)cc(O)c6nc-5c4c3C2=O)NC(=O)/C(C)=C\C=C\[C@H](C)C[C@@H](C)C[C@@H](C)[C@H](OC(C)=O)[C@@H]1C. The molecule has 101 heavy (non-hydrogen) atoms. The summed E-state index contributed by atoms with van der Waals surface area (Å²) < 4.78 is 31.0. The molecule has 5 heterocycles. The van der Waals surface area contributed by atoms with Gasteiger partial charge in [-0.3, -0.25) is 48.1 Å². The molecule has 0 spiro atoms. The van der Waals surface area contributed by atoms with Gasteiger partial charge in [-0.05, 0) is 119 Å². The number of Topliss-reactive ketones (excluding diaryl/α,β-unsaturated/α-hetero) is 1. The van der Waals surface area contributed by atoms with Crippen molar-refractivity contribution >= 4 is 92.2 Å². The second kappa shape index (κ2) is 32.5. The van der Waals surface area contributed by atoms with Gasteiger partial charge in [-0.1, -0.05) is 78.3 Å². The third kappa shape index (κ3) is 17.4. The van der Waals surface area contributed by atoms with Gasteiger partial charge in [0, 0.05) is 112 Å². The summed E-state index contributed by atoms with van der Waals surface area (Å²) >= 11 is 0. The topological polar surface area (TPSA) is 367 Å². The Bertz CT molecular complexity index is 4150. The highest BCUT2D eigenvalue weighted by molar-refractivity contribution is 6.22. The first kappa shape index (κ1) is 75.1. The lowest BCUT2D eigenvalue weighted by Crippen LogP contribution is -2.54. The second-order valence-electron chi connectivity index (χ2n) is 27.6. The first-order valence-electron chi connectivity index (χ1n) is 34.6. The number of hydrogen-bond donors (Lipinski definition) is 8. The molecular weight excluding hydrogens is 1300 g/mol. The van der Waals surface area contributed by atoms with E-state index in [2.05, 4.69) is 45.3 Å². The minimum absolute atomic E-state index is 0.0208. The Morgan fingerprint density at radius 2 is 1.58 bits per heavy atom. The van der Waals surface area contributed by atoms with Crippen molar-refractivity contribution in [1.82, 2.24) is 25.8 Å². The molecule has 6 aliphatic rings. The van der Waals surface area contributed by atoms with Crippen LogP contribution in [0.25, 0.3) is 33.3 Å². The number of unbranched alkanes of at least 4 members (excludes halogenated alkanes) is 2. The number of ether oxygens (including phenoxy) is 4. The molecule has 0 unspecified atom stereocenters. The monoisotopic (exact) mass is 1390 g/mol. The van der Waals surface area contributed by atoms with Crippen molar-refractivity contribution in [2.24, 2.45) is 35.3 Å². The average Bonchev–Trinajstić information content (AvgIpc) is 1.66. The van der Waals surface area contributed by atoms with Gasteiger partial charge in [-0.15, -0.1) is 0 Å². The Labute approximate surface area is 586 Å². The Kier molecular flexibility index (Phi) is 24.1.